The van der Waals surface area contributed by atoms with E-state index >= 15 is 0 Å². The number of rotatable bonds is 5. The van der Waals surface area contributed by atoms with E-state index in [0.717, 1.165) is 40.3 Å². The van der Waals surface area contributed by atoms with Crippen molar-refractivity contribution in [3.8, 4) is 11.8 Å². The van der Waals surface area contributed by atoms with Crippen LogP contribution in [-0.4, -0.2) is 22.2 Å². The topological polar surface area (TPSA) is 98.3 Å². The van der Waals surface area contributed by atoms with Crippen molar-refractivity contribution in [1.29, 1.82) is 0 Å². The molecule has 1 amide bonds. The van der Waals surface area contributed by atoms with Gasteiger partial charge in [-0.05, 0) is 59.8 Å². The van der Waals surface area contributed by atoms with Gasteiger partial charge in [0, 0.05) is 5.56 Å². The summed E-state index contributed by atoms with van der Waals surface area (Å²) < 4.78 is 9.88. The van der Waals surface area contributed by atoms with Crippen LogP contribution in [0.3, 0.4) is 0 Å². The van der Waals surface area contributed by atoms with Crippen molar-refractivity contribution in [3.63, 3.8) is 0 Å². The van der Waals surface area contributed by atoms with Crippen LogP contribution in [0, 0.1) is 18.8 Å². The number of carbonyl (C=O) groups excluding carboxylic acids is 2. The van der Waals surface area contributed by atoms with Gasteiger partial charge in [0.15, 0.2) is 0 Å². The zero-order valence-electron chi connectivity index (χ0n) is 20.9. The Morgan fingerprint density at radius 3 is 2.49 bits per heavy atom. The normalized spacial score (nSPS) is 13.7. The molecule has 0 spiro atoms. The fourth-order valence-electron chi connectivity index (χ4n) is 4.01. The molecular formula is C29H24N2NaO4S-. The first-order valence-electron chi connectivity index (χ1n) is 11.4. The molecule has 1 aliphatic rings. The molecule has 4 aromatic rings. The number of fused-ring (bicyclic) bond motifs is 1. The molecule has 1 aliphatic carbocycles. The molecule has 0 unspecified atom stereocenters. The molecule has 5 rings (SSSR count). The van der Waals surface area contributed by atoms with Crippen LogP contribution in [0.4, 0.5) is 10.5 Å². The van der Waals surface area contributed by atoms with Crippen molar-refractivity contribution in [2.75, 3.05) is 5.32 Å². The van der Waals surface area contributed by atoms with Gasteiger partial charge in [-0.25, -0.2) is 4.79 Å². The van der Waals surface area contributed by atoms with Crippen molar-refractivity contribution >= 4 is 40.4 Å². The number of amides is 1. The maximum absolute atomic E-state index is 12.5. The molecule has 1 atom stereocenters. The number of nitrogens with zero attached hydrogens (tertiary/aromatic N) is 1. The van der Waals surface area contributed by atoms with Gasteiger partial charge in [0.05, 0.1) is 11.4 Å². The Kier molecular flexibility index (Phi) is 9.30. The van der Waals surface area contributed by atoms with Crippen LogP contribution in [0.1, 0.15) is 53.1 Å². The quantitative estimate of drug-likeness (QED) is 0.248. The number of carbonyl (C=O) groups is 1. The van der Waals surface area contributed by atoms with Gasteiger partial charge in [-0.2, -0.15) is 4.37 Å². The van der Waals surface area contributed by atoms with E-state index in [1.807, 2.05) is 74.5 Å². The number of aromatic nitrogens is 1. The van der Waals surface area contributed by atoms with Crippen LogP contribution in [0.5, 0.6) is 0 Å². The summed E-state index contributed by atoms with van der Waals surface area (Å²) >= 11 is 1.24. The molecule has 1 saturated carbocycles. The Labute approximate surface area is 242 Å². The standard InChI is InChI=1S/C29H23N2O3S.Na.H2O/c1-19-27(30-28(33)34-20(2)22-6-4-3-5-7-22)26(35-31-19)13-9-21-8-10-24-17-25(12-11-23(24)16-21)29(18-32)14-15-29;;/h3-8,10-12,16-17,20H,14-15H2,1-2H3,(H,30,33);;1H2/q-1;+1;/p-1/t20-;;/m1../s1. The first-order valence-corrected chi connectivity index (χ1v) is 12.2. The average molecular weight is 520 g/mol. The first kappa shape index (κ1) is 28.6. The second kappa shape index (κ2) is 12.0. The van der Waals surface area contributed by atoms with Gasteiger partial charge in [0.1, 0.15) is 11.0 Å². The predicted molar refractivity (Wildman–Crippen MR) is 140 cm³/mol. The van der Waals surface area contributed by atoms with Gasteiger partial charge in [-0.1, -0.05) is 78.9 Å². The molecule has 0 saturated heterocycles. The third-order valence-electron chi connectivity index (χ3n) is 6.30. The molecular weight excluding hydrogens is 495 g/mol. The van der Waals surface area contributed by atoms with Crippen molar-refractivity contribution < 1.29 is 49.4 Å². The largest absolute Gasteiger partial charge is 1.00 e. The van der Waals surface area contributed by atoms with Gasteiger partial charge in [-0.3, -0.25) is 11.6 Å². The van der Waals surface area contributed by atoms with E-state index in [2.05, 4.69) is 33.9 Å². The van der Waals surface area contributed by atoms with Crippen molar-refractivity contribution in [3.05, 3.63) is 94.0 Å². The monoisotopic (exact) mass is 519 g/mol. The first-order chi connectivity index (χ1) is 17.0. The molecule has 182 valence electrons. The minimum absolute atomic E-state index is 0. The number of anilines is 1. The fraction of sp³-hybridized carbons (Fsp3) is 0.207. The Balaban J connectivity index is 0.00000190. The molecule has 2 N–H and O–H groups in total. The summed E-state index contributed by atoms with van der Waals surface area (Å²) in [4.78, 5) is 24.5. The van der Waals surface area contributed by atoms with Crippen molar-refractivity contribution in [1.82, 2.24) is 4.37 Å². The zero-order chi connectivity index (χ0) is 24.4. The van der Waals surface area contributed by atoms with Gasteiger partial charge < -0.3 is 15.0 Å². The number of benzene rings is 3. The van der Waals surface area contributed by atoms with Crippen LogP contribution >= 0.6 is 11.5 Å². The maximum Gasteiger partial charge on any atom is 1.00 e. The zero-order valence-corrected chi connectivity index (χ0v) is 23.7. The third kappa shape index (κ3) is 6.30. The number of nitrogens with one attached hydrogen (secondary N) is 1. The summed E-state index contributed by atoms with van der Waals surface area (Å²) in [5.74, 6) is 6.33. The van der Waals surface area contributed by atoms with Crippen molar-refractivity contribution in [2.24, 2.45) is 0 Å². The fourth-order valence-corrected chi connectivity index (χ4v) is 4.72. The molecule has 0 aliphatic heterocycles. The van der Waals surface area contributed by atoms with Gasteiger partial charge in [0.2, 0.25) is 0 Å². The minimum Gasteiger partial charge on any atom is -0.870 e. The summed E-state index contributed by atoms with van der Waals surface area (Å²) in [5.41, 5.74) is 3.66. The Morgan fingerprint density at radius 2 is 1.78 bits per heavy atom. The van der Waals surface area contributed by atoms with Crippen LogP contribution < -0.4 is 34.9 Å². The van der Waals surface area contributed by atoms with Gasteiger partial charge in [0.25, 0.3) is 0 Å². The molecule has 1 heterocycles. The molecule has 0 radical (unpaired) electrons. The van der Waals surface area contributed by atoms with E-state index in [1.165, 1.54) is 11.5 Å². The number of ether oxygens (including phenoxy) is 1. The summed E-state index contributed by atoms with van der Waals surface area (Å²) in [7, 11) is 0. The molecule has 6 nitrogen and oxygen atoms in total. The second-order valence-electron chi connectivity index (χ2n) is 8.77. The average Bonchev–Trinajstić information content (AvgIpc) is 3.62. The van der Waals surface area contributed by atoms with Crippen LogP contribution in [0.25, 0.3) is 10.8 Å². The maximum atomic E-state index is 12.5. The van der Waals surface area contributed by atoms with Crippen LogP contribution in [0.2, 0.25) is 0 Å². The second-order valence-corrected chi connectivity index (χ2v) is 9.54. The van der Waals surface area contributed by atoms with E-state index in [1.54, 1.807) is 0 Å². The summed E-state index contributed by atoms with van der Waals surface area (Å²) in [5, 5.41) is 4.94. The summed E-state index contributed by atoms with van der Waals surface area (Å²) in [6, 6.07) is 21.7. The summed E-state index contributed by atoms with van der Waals surface area (Å²) in [6.45, 7) is 3.66. The Morgan fingerprint density at radius 1 is 1.08 bits per heavy atom. The SMILES string of the molecule is Cc1nsc(C#Cc2ccc3cc(C4([C-]=O)CC4)ccc3c2)c1NC(=O)O[C@H](C)c1ccccc1.[Na+].[OH-]. The predicted octanol–water partition coefficient (Wildman–Crippen LogP) is 3.28. The van der Waals surface area contributed by atoms with Gasteiger partial charge in [-0.15, -0.1) is 5.41 Å². The van der Waals surface area contributed by atoms with E-state index in [9.17, 15) is 9.59 Å². The van der Waals surface area contributed by atoms with Gasteiger partial charge >= 0.3 is 35.7 Å². The molecule has 0 bridgehead atoms. The van der Waals surface area contributed by atoms with E-state index < -0.39 is 11.5 Å². The van der Waals surface area contributed by atoms with E-state index in [4.69, 9.17) is 4.74 Å². The molecule has 1 aromatic heterocycles. The molecule has 3 aromatic carbocycles. The minimum atomic E-state index is -0.546. The Bertz CT molecular complexity index is 1490. The summed E-state index contributed by atoms with van der Waals surface area (Å²) in [6.07, 6.45) is 3.02. The van der Waals surface area contributed by atoms with Crippen LogP contribution in [-0.2, 0) is 14.9 Å². The molecule has 1 fully saturated rings. The van der Waals surface area contributed by atoms with E-state index in [0.29, 0.717) is 16.3 Å². The van der Waals surface area contributed by atoms with Crippen molar-refractivity contribution in [2.45, 2.75) is 38.2 Å². The smallest absolute Gasteiger partial charge is 0.870 e. The van der Waals surface area contributed by atoms with E-state index in [-0.39, 0.29) is 41.1 Å². The molecule has 37 heavy (non-hydrogen) atoms. The molecule has 8 heteroatoms. The Hall–Kier alpha value is -2.99. The third-order valence-corrected chi connectivity index (χ3v) is 7.16. The van der Waals surface area contributed by atoms with Crippen LogP contribution in [0.15, 0.2) is 66.7 Å². The number of hydrogen-bond donors (Lipinski definition) is 1. The number of hydrogen-bond acceptors (Lipinski definition) is 6. The number of aryl methyl sites for hydroxylation is 1.